The van der Waals surface area contributed by atoms with E-state index in [0.717, 1.165) is 25.9 Å². The average molecular weight is 215 g/mol. The molecule has 1 aliphatic rings. The third kappa shape index (κ3) is 5.62. The number of unbranched alkanes of at least 4 members (excludes halogenated alkanes) is 3. The SMILES string of the molecule is CCCCCCOC(=O)NC1CCOC1. The monoisotopic (exact) mass is 215 g/mol. The highest BCUT2D eigenvalue weighted by Gasteiger charge is 2.17. The summed E-state index contributed by atoms with van der Waals surface area (Å²) in [4.78, 5) is 11.2. The molecule has 1 aliphatic heterocycles. The highest BCUT2D eigenvalue weighted by molar-refractivity contribution is 5.67. The Labute approximate surface area is 91.3 Å². The molecule has 0 saturated carbocycles. The van der Waals surface area contributed by atoms with Crippen LogP contribution < -0.4 is 5.32 Å². The van der Waals surface area contributed by atoms with Gasteiger partial charge in [0.15, 0.2) is 0 Å². The predicted octanol–water partition coefficient (Wildman–Crippen LogP) is 2.08. The van der Waals surface area contributed by atoms with Gasteiger partial charge in [-0.1, -0.05) is 26.2 Å². The van der Waals surface area contributed by atoms with E-state index < -0.39 is 0 Å². The summed E-state index contributed by atoms with van der Waals surface area (Å²) >= 11 is 0. The molecule has 0 radical (unpaired) electrons. The Bertz CT molecular complexity index is 179. The van der Waals surface area contributed by atoms with Crippen molar-refractivity contribution >= 4 is 6.09 Å². The van der Waals surface area contributed by atoms with E-state index in [2.05, 4.69) is 12.2 Å². The van der Waals surface area contributed by atoms with E-state index >= 15 is 0 Å². The molecule has 1 heterocycles. The summed E-state index contributed by atoms with van der Waals surface area (Å²) in [6.07, 6.45) is 5.10. The molecule has 1 amide bonds. The van der Waals surface area contributed by atoms with E-state index in [0.29, 0.717) is 13.2 Å². The van der Waals surface area contributed by atoms with E-state index in [1.54, 1.807) is 0 Å². The van der Waals surface area contributed by atoms with E-state index in [1.807, 2.05) is 0 Å². The number of hydrogen-bond donors (Lipinski definition) is 1. The smallest absolute Gasteiger partial charge is 0.407 e. The van der Waals surface area contributed by atoms with Crippen molar-refractivity contribution in [2.45, 2.75) is 45.1 Å². The third-order valence-electron chi connectivity index (χ3n) is 2.48. The predicted molar refractivity (Wildman–Crippen MR) is 57.8 cm³/mol. The largest absolute Gasteiger partial charge is 0.450 e. The topological polar surface area (TPSA) is 47.6 Å². The molecule has 1 fully saturated rings. The van der Waals surface area contributed by atoms with Gasteiger partial charge in [0.05, 0.1) is 19.3 Å². The van der Waals surface area contributed by atoms with Crippen LogP contribution in [0.4, 0.5) is 4.79 Å². The van der Waals surface area contributed by atoms with E-state index in [4.69, 9.17) is 9.47 Å². The van der Waals surface area contributed by atoms with Crippen LogP contribution in [-0.4, -0.2) is 32.0 Å². The van der Waals surface area contributed by atoms with Crippen LogP contribution in [-0.2, 0) is 9.47 Å². The molecule has 0 bridgehead atoms. The molecule has 1 N–H and O–H groups in total. The van der Waals surface area contributed by atoms with E-state index in [9.17, 15) is 4.79 Å². The molecular weight excluding hydrogens is 194 g/mol. The minimum atomic E-state index is -0.304. The zero-order valence-corrected chi connectivity index (χ0v) is 9.46. The van der Waals surface area contributed by atoms with Crippen molar-refractivity contribution in [3.63, 3.8) is 0 Å². The van der Waals surface area contributed by atoms with Crippen LogP contribution in [0, 0.1) is 0 Å². The van der Waals surface area contributed by atoms with Gasteiger partial charge in [-0.15, -0.1) is 0 Å². The van der Waals surface area contributed by atoms with Crippen molar-refractivity contribution < 1.29 is 14.3 Å². The summed E-state index contributed by atoms with van der Waals surface area (Å²) < 4.78 is 10.2. The van der Waals surface area contributed by atoms with Crippen molar-refractivity contribution in [3.8, 4) is 0 Å². The Morgan fingerprint density at radius 3 is 3.00 bits per heavy atom. The van der Waals surface area contributed by atoms with E-state index in [1.165, 1.54) is 12.8 Å². The first kappa shape index (κ1) is 12.3. The average Bonchev–Trinajstić information content (AvgIpc) is 2.70. The van der Waals surface area contributed by atoms with Crippen molar-refractivity contribution in [3.05, 3.63) is 0 Å². The fourth-order valence-corrected chi connectivity index (χ4v) is 1.55. The third-order valence-corrected chi connectivity index (χ3v) is 2.48. The van der Waals surface area contributed by atoms with Crippen LogP contribution in [0.2, 0.25) is 0 Å². The number of ether oxygens (including phenoxy) is 2. The van der Waals surface area contributed by atoms with Gasteiger partial charge >= 0.3 is 6.09 Å². The molecule has 88 valence electrons. The van der Waals surface area contributed by atoms with Crippen molar-refractivity contribution in [2.24, 2.45) is 0 Å². The minimum Gasteiger partial charge on any atom is -0.450 e. The van der Waals surface area contributed by atoms with E-state index in [-0.39, 0.29) is 12.1 Å². The summed E-state index contributed by atoms with van der Waals surface area (Å²) in [5.74, 6) is 0. The van der Waals surface area contributed by atoms with Crippen molar-refractivity contribution in [1.82, 2.24) is 5.32 Å². The van der Waals surface area contributed by atoms with Gasteiger partial charge in [-0.3, -0.25) is 0 Å². The lowest BCUT2D eigenvalue weighted by atomic mass is 10.2. The van der Waals surface area contributed by atoms with Crippen molar-refractivity contribution in [1.29, 1.82) is 0 Å². The lowest BCUT2D eigenvalue weighted by molar-refractivity contribution is 0.136. The lowest BCUT2D eigenvalue weighted by Gasteiger charge is -2.10. The van der Waals surface area contributed by atoms with Gasteiger partial charge in [0.1, 0.15) is 0 Å². The van der Waals surface area contributed by atoms with Crippen LogP contribution in [0.5, 0.6) is 0 Å². The normalized spacial score (nSPS) is 20.2. The van der Waals surface area contributed by atoms with Crippen molar-refractivity contribution in [2.75, 3.05) is 19.8 Å². The fraction of sp³-hybridized carbons (Fsp3) is 0.909. The number of nitrogens with one attached hydrogen (secondary N) is 1. The van der Waals surface area contributed by atoms with Gasteiger partial charge in [0, 0.05) is 6.61 Å². The maximum atomic E-state index is 11.2. The Hall–Kier alpha value is -0.770. The highest BCUT2D eigenvalue weighted by Crippen LogP contribution is 2.04. The Balaban J connectivity index is 1.93. The second-order valence-electron chi connectivity index (χ2n) is 3.90. The van der Waals surface area contributed by atoms with Gasteiger partial charge in [-0.2, -0.15) is 0 Å². The summed E-state index contributed by atoms with van der Waals surface area (Å²) in [5.41, 5.74) is 0. The molecule has 1 rings (SSSR count). The minimum absolute atomic E-state index is 0.146. The quantitative estimate of drug-likeness (QED) is 0.690. The molecule has 1 unspecified atom stereocenters. The summed E-state index contributed by atoms with van der Waals surface area (Å²) in [5, 5.41) is 2.78. The van der Waals surface area contributed by atoms with Gasteiger partial charge in [0.2, 0.25) is 0 Å². The maximum Gasteiger partial charge on any atom is 0.407 e. The molecule has 1 saturated heterocycles. The summed E-state index contributed by atoms with van der Waals surface area (Å²) in [7, 11) is 0. The molecule has 4 nitrogen and oxygen atoms in total. The van der Waals surface area contributed by atoms with Crippen LogP contribution in [0.1, 0.15) is 39.0 Å². The molecule has 0 aromatic heterocycles. The van der Waals surface area contributed by atoms with Crippen LogP contribution in [0.3, 0.4) is 0 Å². The van der Waals surface area contributed by atoms with Crippen LogP contribution >= 0.6 is 0 Å². The Kier molecular flexibility index (Phi) is 6.16. The van der Waals surface area contributed by atoms with Crippen LogP contribution in [0.25, 0.3) is 0 Å². The Morgan fingerprint density at radius 1 is 1.47 bits per heavy atom. The molecule has 0 spiro atoms. The molecule has 0 aliphatic carbocycles. The molecule has 0 aromatic carbocycles. The van der Waals surface area contributed by atoms with Gasteiger partial charge in [0.25, 0.3) is 0 Å². The zero-order chi connectivity index (χ0) is 10.9. The molecule has 1 atom stereocenters. The first-order valence-corrected chi connectivity index (χ1v) is 5.84. The van der Waals surface area contributed by atoms with Gasteiger partial charge < -0.3 is 14.8 Å². The Morgan fingerprint density at radius 2 is 2.33 bits per heavy atom. The first-order valence-electron chi connectivity index (χ1n) is 5.84. The zero-order valence-electron chi connectivity index (χ0n) is 9.46. The molecule has 0 aromatic rings. The number of rotatable bonds is 6. The number of alkyl carbamates (subject to hydrolysis) is 1. The fourth-order valence-electron chi connectivity index (χ4n) is 1.55. The second-order valence-corrected chi connectivity index (χ2v) is 3.90. The summed E-state index contributed by atoms with van der Waals surface area (Å²) in [6.45, 7) is 4.04. The molecule has 4 heteroatoms. The standard InChI is InChI=1S/C11H21NO3/c1-2-3-4-5-7-15-11(13)12-10-6-8-14-9-10/h10H,2-9H2,1H3,(H,12,13). The summed E-state index contributed by atoms with van der Waals surface area (Å²) in [6, 6.07) is 0.146. The highest BCUT2D eigenvalue weighted by atomic mass is 16.5. The van der Waals surface area contributed by atoms with Gasteiger partial charge in [-0.25, -0.2) is 4.79 Å². The number of carbonyl (C=O) groups excluding carboxylic acids is 1. The number of carbonyl (C=O) groups is 1. The number of hydrogen-bond acceptors (Lipinski definition) is 3. The number of amides is 1. The molecule has 15 heavy (non-hydrogen) atoms. The van der Waals surface area contributed by atoms with Gasteiger partial charge in [-0.05, 0) is 12.8 Å². The lowest BCUT2D eigenvalue weighted by Crippen LogP contribution is -2.35. The molecular formula is C11H21NO3. The maximum absolute atomic E-state index is 11.2. The first-order chi connectivity index (χ1) is 7.33. The van der Waals surface area contributed by atoms with Crippen LogP contribution in [0.15, 0.2) is 0 Å². The second kappa shape index (κ2) is 7.51.